The summed E-state index contributed by atoms with van der Waals surface area (Å²) in [7, 11) is 0. The van der Waals surface area contributed by atoms with Gasteiger partial charge in [0.2, 0.25) is 11.8 Å². The lowest BCUT2D eigenvalue weighted by Gasteiger charge is -2.34. The molecule has 2 aliphatic rings. The highest BCUT2D eigenvalue weighted by atomic mass is 32.1. The third-order valence-electron chi connectivity index (χ3n) is 7.74. The van der Waals surface area contributed by atoms with Crippen LogP contribution in [0.5, 0.6) is 0 Å². The number of nitrogens with zero attached hydrogens (tertiary/aromatic N) is 5. The first kappa shape index (κ1) is 26.5. The molecule has 0 radical (unpaired) electrons. The quantitative estimate of drug-likeness (QED) is 0.477. The lowest BCUT2D eigenvalue weighted by molar-refractivity contribution is -0.144. The van der Waals surface area contributed by atoms with Crippen LogP contribution in [0.15, 0.2) is 36.0 Å². The van der Waals surface area contributed by atoms with Crippen molar-refractivity contribution in [1.82, 2.24) is 30.2 Å². The first-order chi connectivity index (χ1) is 18.0. The van der Waals surface area contributed by atoms with Crippen LogP contribution >= 0.6 is 11.3 Å². The average molecular weight is 537 g/mol. The van der Waals surface area contributed by atoms with Gasteiger partial charge in [0.25, 0.3) is 0 Å². The molecule has 0 spiro atoms. The lowest BCUT2D eigenvalue weighted by atomic mass is 9.85. The van der Waals surface area contributed by atoms with Crippen molar-refractivity contribution in [3.8, 4) is 10.4 Å². The Morgan fingerprint density at radius 2 is 1.95 bits per heavy atom. The Hall–Kier alpha value is -3.11. The molecule has 38 heavy (non-hydrogen) atoms. The number of carbonyl (C=O) groups is 2. The monoisotopic (exact) mass is 536 g/mol. The predicted molar refractivity (Wildman–Crippen MR) is 145 cm³/mol. The van der Waals surface area contributed by atoms with Crippen molar-refractivity contribution in [2.24, 2.45) is 5.41 Å². The standard InChI is InChI=1S/C28H36N6O3S/c1-17-23(38-16-30-17)19-8-6-18(7-9-19)13-29-25(36)21-12-20(35)14-33(21)26(37)24(27(2,3)4)34-15-22(31-32-34)28(5)10-11-28/h6-9,15-16,20-21,24,35H,10-14H2,1-5H3,(H,29,36). The number of carbonyl (C=O) groups excluding carboxylic acids is 2. The number of likely N-dealkylation sites (tertiary alicyclic amines) is 1. The number of amides is 2. The number of aliphatic hydroxyl groups excluding tert-OH is 1. The summed E-state index contributed by atoms with van der Waals surface area (Å²) in [5.41, 5.74) is 5.34. The van der Waals surface area contributed by atoms with Gasteiger partial charge in [0.05, 0.1) is 27.9 Å². The molecule has 3 aromatic rings. The highest BCUT2D eigenvalue weighted by Crippen LogP contribution is 2.47. The fourth-order valence-electron chi connectivity index (χ4n) is 5.13. The van der Waals surface area contributed by atoms with E-state index in [1.807, 2.05) is 63.7 Å². The minimum atomic E-state index is -0.756. The fraction of sp³-hybridized carbons (Fsp3) is 0.536. The van der Waals surface area contributed by atoms with E-state index in [4.69, 9.17) is 0 Å². The van der Waals surface area contributed by atoms with E-state index in [0.29, 0.717) is 6.54 Å². The Kier molecular flexibility index (Phi) is 6.89. The van der Waals surface area contributed by atoms with E-state index in [2.05, 4.69) is 27.5 Å². The van der Waals surface area contributed by atoms with Crippen molar-refractivity contribution in [3.05, 3.63) is 52.9 Å². The normalized spacial score (nSPS) is 21.4. The Labute approximate surface area is 227 Å². The van der Waals surface area contributed by atoms with Crippen LogP contribution < -0.4 is 5.32 Å². The SMILES string of the molecule is Cc1ncsc1-c1ccc(CNC(=O)C2CC(O)CN2C(=O)C(n2cc(C3(C)CC3)nn2)C(C)(C)C)cc1. The maximum Gasteiger partial charge on any atom is 0.248 e. The molecule has 1 aliphatic heterocycles. The molecule has 3 unspecified atom stereocenters. The molecule has 0 bridgehead atoms. The van der Waals surface area contributed by atoms with Crippen molar-refractivity contribution < 1.29 is 14.7 Å². The summed E-state index contributed by atoms with van der Waals surface area (Å²) in [6.07, 6.45) is 3.45. The van der Waals surface area contributed by atoms with E-state index in [-0.39, 0.29) is 30.2 Å². The molecule has 3 heterocycles. The number of rotatable bonds is 7. The largest absolute Gasteiger partial charge is 0.391 e. The van der Waals surface area contributed by atoms with Crippen LogP contribution in [0, 0.1) is 12.3 Å². The molecule has 1 saturated carbocycles. The van der Waals surface area contributed by atoms with Crippen LogP contribution in [0.4, 0.5) is 0 Å². The smallest absolute Gasteiger partial charge is 0.248 e. The van der Waals surface area contributed by atoms with Gasteiger partial charge in [0, 0.05) is 31.1 Å². The Morgan fingerprint density at radius 3 is 2.55 bits per heavy atom. The number of thiazole rings is 1. The summed E-state index contributed by atoms with van der Waals surface area (Å²) in [6, 6.07) is 6.64. The van der Waals surface area contributed by atoms with E-state index in [9.17, 15) is 14.7 Å². The van der Waals surface area contributed by atoms with Crippen molar-refractivity contribution in [1.29, 1.82) is 0 Å². The summed E-state index contributed by atoms with van der Waals surface area (Å²) in [4.78, 5) is 34.2. The Morgan fingerprint density at radius 1 is 1.24 bits per heavy atom. The van der Waals surface area contributed by atoms with Crippen molar-refractivity contribution in [2.45, 2.75) is 84.0 Å². The van der Waals surface area contributed by atoms with Gasteiger partial charge in [-0.1, -0.05) is 57.2 Å². The first-order valence-electron chi connectivity index (χ1n) is 13.1. The fourth-order valence-corrected chi connectivity index (χ4v) is 5.94. The zero-order valence-electron chi connectivity index (χ0n) is 22.6. The molecule has 2 amide bonds. The van der Waals surface area contributed by atoms with Gasteiger partial charge in [-0.25, -0.2) is 9.67 Å². The molecule has 5 rings (SSSR count). The second kappa shape index (κ2) is 9.89. The number of aryl methyl sites for hydroxylation is 1. The maximum atomic E-state index is 13.9. The number of hydrogen-bond acceptors (Lipinski definition) is 7. The van der Waals surface area contributed by atoms with Crippen molar-refractivity contribution >= 4 is 23.2 Å². The van der Waals surface area contributed by atoms with Gasteiger partial charge in [-0.05, 0) is 36.3 Å². The van der Waals surface area contributed by atoms with E-state index in [1.165, 1.54) is 4.90 Å². The van der Waals surface area contributed by atoms with Gasteiger partial charge in [-0.3, -0.25) is 9.59 Å². The molecular weight excluding hydrogens is 500 g/mol. The minimum absolute atomic E-state index is 0.0354. The van der Waals surface area contributed by atoms with Crippen molar-refractivity contribution in [2.75, 3.05) is 6.54 Å². The third kappa shape index (κ3) is 5.24. The number of aromatic nitrogens is 4. The number of nitrogens with one attached hydrogen (secondary N) is 1. The number of hydrogen-bond donors (Lipinski definition) is 2. The first-order valence-corrected chi connectivity index (χ1v) is 14.0. The second-order valence-corrected chi connectivity index (χ2v) is 12.8. The van der Waals surface area contributed by atoms with Crippen LogP contribution in [0.25, 0.3) is 10.4 Å². The van der Waals surface area contributed by atoms with Crippen LogP contribution in [-0.2, 0) is 21.5 Å². The molecule has 9 nitrogen and oxygen atoms in total. The molecular formula is C28H36N6O3S. The van der Waals surface area contributed by atoms with Crippen LogP contribution in [0.2, 0.25) is 0 Å². The zero-order chi connectivity index (χ0) is 27.2. The number of benzene rings is 1. The predicted octanol–water partition coefficient (Wildman–Crippen LogP) is 3.63. The lowest BCUT2D eigenvalue weighted by Crippen LogP contribution is -2.50. The molecule has 202 valence electrons. The van der Waals surface area contributed by atoms with Crippen molar-refractivity contribution in [3.63, 3.8) is 0 Å². The summed E-state index contributed by atoms with van der Waals surface area (Å²) in [5, 5.41) is 22.1. The van der Waals surface area contributed by atoms with Gasteiger partial charge in [0.15, 0.2) is 0 Å². The average Bonchev–Trinajstić information content (AvgIpc) is 3.23. The molecule has 2 N–H and O–H groups in total. The van der Waals surface area contributed by atoms with E-state index in [1.54, 1.807) is 16.0 Å². The Balaban J connectivity index is 1.29. The molecule has 1 saturated heterocycles. The molecule has 1 aliphatic carbocycles. The van der Waals surface area contributed by atoms with Crippen LogP contribution in [-0.4, -0.2) is 60.5 Å². The molecule has 2 aromatic heterocycles. The van der Waals surface area contributed by atoms with Crippen LogP contribution in [0.1, 0.15) is 70.0 Å². The van der Waals surface area contributed by atoms with Gasteiger partial charge in [-0.2, -0.15) is 0 Å². The number of aliphatic hydroxyl groups is 1. The minimum Gasteiger partial charge on any atom is -0.391 e. The van der Waals surface area contributed by atoms with E-state index < -0.39 is 23.6 Å². The van der Waals surface area contributed by atoms with Gasteiger partial charge in [0.1, 0.15) is 12.1 Å². The zero-order valence-corrected chi connectivity index (χ0v) is 23.5. The molecule has 2 fully saturated rings. The second-order valence-electron chi connectivity index (χ2n) is 12.0. The number of β-amino-alcohol motifs (C(OH)–C–C–N with tert-alkyl or cyclic N) is 1. The highest BCUT2D eigenvalue weighted by Gasteiger charge is 2.46. The van der Waals surface area contributed by atoms with Crippen LogP contribution in [0.3, 0.4) is 0 Å². The van der Waals surface area contributed by atoms with E-state index in [0.717, 1.165) is 40.2 Å². The highest BCUT2D eigenvalue weighted by molar-refractivity contribution is 7.13. The van der Waals surface area contributed by atoms with Gasteiger partial charge >= 0.3 is 0 Å². The summed E-state index contributed by atoms with van der Waals surface area (Å²) >= 11 is 1.60. The van der Waals surface area contributed by atoms with Gasteiger partial charge in [-0.15, -0.1) is 16.4 Å². The topological polar surface area (TPSA) is 113 Å². The molecule has 3 atom stereocenters. The van der Waals surface area contributed by atoms with E-state index >= 15 is 0 Å². The van der Waals surface area contributed by atoms with Gasteiger partial charge < -0.3 is 15.3 Å². The third-order valence-corrected chi connectivity index (χ3v) is 8.72. The molecule has 1 aromatic carbocycles. The Bertz CT molecular complexity index is 1320. The molecule has 10 heteroatoms. The summed E-state index contributed by atoms with van der Waals surface area (Å²) in [5.74, 6) is -0.495. The summed E-state index contributed by atoms with van der Waals surface area (Å²) in [6.45, 7) is 10.5. The maximum absolute atomic E-state index is 13.9. The summed E-state index contributed by atoms with van der Waals surface area (Å²) < 4.78 is 1.65.